The Hall–Kier alpha value is -1.89. The monoisotopic (exact) mass is 338 g/mol. The van der Waals surface area contributed by atoms with Crippen LogP contribution in [0.25, 0.3) is 0 Å². The third kappa shape index (κ3) is 4.10. The topological polar surface area (TPSA) is 83.6 Å². The molecule has 1 heterocycles. The van der Waals surface area contributed by atoms with Crippen LogP contribution in [0.15, 0.2) is 24.3 Å². The van der Waals surface area contributed by atoms with Crippen molar-refractivity contribution in [1.29, 1.82) is 0 Å². The predicted molar refractivity (Wildman–Crippen MR) is 87.7 cm³/mol. The number of amides is 2. The van der Waals surface area contributed by atoms with Crippen molar-refractivity contribution in [2.24, 2.45) is 0 Å². The van der Waals surface area contributed by atoms with Gasteiger partial charge in [-0.25, -0.2) is 8.42 Å². The summed E-state index contributed by atoms with van der Waals surface area (Å²) in [6.45, 7) is 0.318. The molecule has 0 bridgehead atoms. The summed E-state index contributed by atoms with van der Waals surface area (Å²) in [5, 5.41) is 1.63. The van der Waals surface area contributed by atoms with Gasteiger partial charge in [0.1, 0.15) is 5.25 Å². The van der Waals surface area contributed by atoms with Gasteiger partial charge in [0.05, 0.1) is 5.75 Å². The van der Waals surface area contributed by atoms with Crippen LogP contribution < -0.4 is 5.32 Å². The summed E-state index contributed by atoms with van der Waals surface area (Å²) in [5.74, 6) is -0.424. The summed E-state index contributed by atoms with van der Waals surface area (Å²) in [4.78, 5) is 25.4. The van der Waals surface area contributed by atoms with E-state index >= 15 is 0 Å². The van der Waals surface area contributed by atoms with Crippen molar-refractivity contribution < 1.29 is 18.0 Å². The molecule has 0 aromatic heterocycles. The molecule has 0 radical (unpaired) electrons. The van der Waals surface area contributed by atoms with Crippen molar-refractivity contribution in [3.8, 4) is 0 Å². The molecule has 1 N–H and O–H groups in total. The Balaban J connectivity index is 2.05. The quantitative estimate of drug-likeness (QED) is 0.887. The molecular formula is C16H22N2O4S. The van der Waals surface area contributed by atoms with Gasteiger partial charge in [0.25, 0.3) is 5.91 Å². The number of carbonyl (C=O) groups excluding carboxylic acids is 2. The first-order valence-corrected chi connectivity index (χ1v) is 9.34. The summed E-state index contributed by atoms with van der Waals surface area (Å²) in [7, 11) is -0.153. The first-order valence-electron chi connectivity index (χ1n) is 7.62. The number of sulfone groups is 1. The van der Waals surface area contributed by atoms with Crippen LogP contribution in [0.2, 0.25) is 0 Å². The predicted octanol–water partition coefficient (Wildman–Crippen LogP) is 0.972. The maximum Gasteiger partial charge on any atom is 0.251 e. The molecule has 2 amide bonds. The number of carbonyl (C=O) groups is 2. The fourth-order valence-electron chi connectivity index (χ4n) is 2.74. The lowest BCUT2D eigenvalue weighted by molar-refractivity contribution is -0.130. The maximum atomic E-state index is 12.4. The molecule has 1 aliphatic heterocycles. The van der Waals surface area contributed by atoms with Crippen molar-refractivity contribution >= 4 is 21.7 Å². The molecule has 2 rings (SSSR count). The molecule has 1 aliphatic rings. The van der Waals surface area contributed by atoms with Gasteiger partial charge in [0, 0.05) is 26.2 Å². The van der Waals surface area contributed by atoms with Crippen molar-refractivity contribution in [2.45, 2.75) is 31.1 Å². The lowest BCUT2D eigenvalue weighted by Gasteiger charge is -2.26. The minimum Gasteiger partial charge on any atom is -0.355 e. The fourth-order valence-corrected chi connectivity index (χ4v) is 4.64. The number of hydrogen-bond acceptors (Lipinski definition) is 4. The van der Waals surface area contributed by atoms with Gasteiger partial charge in [-0.2, -0.15) is 0 Å². The van der Waals surface area contributed by atoms with Crippen LogP contribution in [0.5, 0.6) is 0 Å². The van der Waals surface area contributed by atoms with Crippen LogP contribution in [0.3, 0.4) is 0 Å². The van der Waals surface area contributed by atoms with Crippen molar-refractivity contribution in [3.63, 3.8) is 0 Å². The second-order valence-corrected chi connectivity index (χ2v) is 8.12. The minimum absolute atomic E-state index is 0.0953. The summed E-state index contributed by atoms with van der Waals surface area (Å²) in [5.41, 5.74) is 1.39. The minimum atomic E-state index is -3.33. The van der Waals surface area contributed by atoms with E-state index < -0.39 is 15.1 Å². The number of nitrogens with zero attached hydrogens (tertiary/aromatic N) is 1. The molecule has 0 spiro atoms. The van der Waals surface area contributed by atoms with Gasteiger partial charge in [0.2, 0.25) is 5.91 Å². The van der Waals surface area contributed by atoms with Gasteiger partial charge in [-0.1, -0.05) is 18.6 Å². The van der Waals surface area contributed by atoms with Crippen molar-refractivity contribution in [3.05, 3.63) is 35.4 Å². The van der Waals surface area contributed by atoms with Crippen LogP contribution in [0.4, 0.5) is 0 Å². The average Bonchev–Trinajstić information content (AvgIpc) is 2.53. The Labute approximate surface area is 136 Å². The highest BCUT2D eigenvalue weighted by molar-refractivity contribution is 7.92. The lowest BCUT2D eigenvalue weighted by atomic mass is 10.1. The molecular weight excluding hydrogens is 316 g/mol. The van der Waals surface area contributed by atoms with E-state index in [-0.39, 0.29) is 17.6 Å². The van der Waals surface area contributed by atoms with Crippen LogP contribution in [0, 0.1) is 0 Å². The van der Waals surface area contributed by atoms with Crippen LogP contribution in [-0.4, -0.2) is 50.2 Å². The summed E-state index contributed by atoms with van der Waals surface area (Å²) < 4.78 is 24.1. The molecule has 0 saturated carbocycles. The van der Waals surface area contributed by atoms with E-state index in [2.05, 4.69) is 5.32 Å². The molecule has 1 atom stereocenters. The Bertz CT molecular complexity index is 683. The van der Waals surface area contributed by atoms with Gasteiger partial charge in [0.15, 0.2) is 9.84 Å². The zero-order chi connectivity index (χ0) is 17.0. The second kappa shape index (κ2) is 7.12. The van der Waals surface area contributed by atoms with Gasteiger partial charge in [-0.05, 0) is 30.5 Å². The Kier molecular flexibility index (Phi) is 5.41. The molecule has 1 aromatic rings. The van der Waals surface area contributed by atoms with E-state index in [1.165, 1.54) is 4.90 Å². The van der Waals surface area contributed by atoms with Gasteiger partial charge in [-0.3, -0.25) is 9.59 Å². The molecule has 1 aromatic carbocycles. The first-order chi connectivity index (χ1) is 10.8. The largest absolute Gasteiger partial charge is 0.355 e. The molecule has 1 fully saturated rings. The second-order valence-electron chi connectivity index (χ2n) is 5.82. The van der Waals surface area contributed by atoms with E-state index in [9.17, 15) is 18.0 Å². The third-order valence-corrected chi connectivity index (χ3v) is 6.26. The molecule has 7 heteroatoms. The SMILES string of the molecule is CNC(=O)c1ccc(CN(C)C(=O)C2CCCCS2(=O)=O)cc1. The normalized spacial score (nSPS) is 19.8. The number of benzene rings is 1. The Morgan fingerprint density at radius 2 is 1.87 bits per heavy atom. The maximum absolute atomic E-state index is 12.4. The molecule has 0 aliphatic carbocycles. The summed E-state index contributed by atoms with van der Waals surface area (Å²) in [6.07, 6.45) is 1.81. The Morgan fingerprint density at radius 1 is 1.22 bits per heavy atom. The van der Waals surface area contributed by atoms with Crippen LogP contribution in [-0.2, 0) is 21.2 Å². The van der Waals surface area contributed by atoms with E-state index in [1.54, 1.807) is 38.4 Å². The molecule has 1 unspecified atom stereocenters. The number of nitrogens with one attached hydrogen (secondary N) is 1. The highest BCUT2D eigenvalue weighted by Gasteiger charge is 2.36. The highest BCUT2D eigenvalue weighted by Crippen LogP contribution is 2.21. The third-order valence-electron chi connectivity index (χ3n) is 4.09. The molecule has 126 valence electrons. The highest BCUT2D eigenvalue weighted by atomic mass is 32.2. The van der Waals surface area contributed by atoms with E-state index in [0.29, 0.717) is 24.9 Å². The van der Waals surface area contributed by atoms with Crippen molar-refractivity contribution in [2.75, 3.05) is 19.8 Å². The van der Waals surface area contributed by atoms with E-state index in [4.69, 9.17) is 0 Å². The van der Waals surface area contributed by atoms with E-state index in [1.807, 2.05) is 0 Å². The van der Waals surface area contributed by atoms with Gasteiger partial charge < -0.3 is 10.2 Å². The standard InChI is InChI=1S/C16H22N2O4S/c1-17-15(19)13-8-6-12(7-9-13)11-18(2)16(20)14-5-3-4-10-23(14,21)22/h6-9,14H,3-5,10-11H2,1-2H3,(H,17,19). The van der Waals surface area contributed by atoms with Crippen LogP contribution >= 0.6 is 0 Å². The molecule has 6 nitrogen and oxygen atoms in total. The zero-order valence-corrected chi connectivity index (χ0v) is 14.2. The van der Waals surface area contributed by atoms with Crippen LogP contribution in [0.1, 0.15) is 35.2 Å². The summed E-state index contributed by atoms with van der Waals surface area (Å²) >= 11 is 0. The fraction of sp³-hybridized carbons (Fsp3) is 0.500. The number of rotatable bonds is 4. The smallest absolute Gasteiger partial charge is 0.251 e. The first kappa shape index (κ1) is 17.5. The van der Waals surface area contributed by atoms with Gasteiger partial charge in [-0.15, -0.1) is 0 Å². The van der Waals surface area contributed by atoms with Gasteiger partial charge >= 0.3 is 0 Å². The molecule has 23 heavy (non-hydrogen) atoms. The summed E-state index contributed by atoms with van der Waals surface area (Å²) in [6, 6.07) is 6.90. The Morgan fingerprint density at radius 3 is 2.43 bits per heavy atom. The lowest BCUT2D eigenvalue weighted by Crippen LogP contribution is -2.43. The average molecular weight is 338 g/mol. The number of hydrogen-bond donors (Lipinski definition) is 1. The zero-order valence-electron chi connectivity index (χ0n) is 13.4. The van der Waals surface area contributed by atoms with E-state index in [0.717, 1.165) is 12.0 Å². The van der Waals surface area contributed by atoms with Crippen molar-refractivity contribution in [1.82, 2.24) is 10.2 Å². The molecule has 1 saturated heterocycles.